The van der Waals surface area contributed by atoms with Crippen molar-refractivity contribution in [3.8, 4) is 0 Å². The first-order chi connectivity index (χ1) is 9.95. The highest BCUT2D eigenvalue weighted by atomic mass is 79.9. The van der Waals surface area contributed by atoms with Gasteiger partial charge in [-0.05, 0) is 44.2 Å². The molecule has 2 rings (SSSR count). The number of furan rings is 1. The quantitative estimate of drug-likeness (QED) is 0.890. The van der Waals surface area contributed by atoms with Gasteiger partial charge < -0.3 is 15.1 Å². The molecule has 21 heavy (non-hydrogen) atoms. The van der Waals surface area contributed by atoms with Crippen LogP contribution in [0.15, 0.2) is 39.2 Å². The Morgan fingerprint density at radius 2 is 1.86 bits per heavy atom. The first kappa shape index (κ1) is 15.3. The van der Waals surface area contributed by atoms with Crippen LogP contribution in [0.3, 0.4) is 0 Å². The van der Waals surface area contributed by atoms with Crippen molar-refractivity contribution < 1.29 is 14.0 Å². The lowest BCUT2D eigenvalue weighted by molar-refractivity contribution is -0.115. The van der Waals surface area contributed by atoms with Gasteiger partial charge in [-0.15, -0.1) is 0 Å². The van der Waals surface area contributed by atoms with Crippen molar-refractivity contribution in [3.05, 3.63) is 51.9 Å². The van der Waals surface area contributed by atoms with Crippen molar-refractivity contribution in [2.75, 3.05) is 11.9 Å². The number of rotatable bonds is 4. The third-order valence-corrected chi connectivity index (χ3v) is 3.35. The van der Waals surface area contributed by atoms with Crippen molar-refractivity contribution in [1.29, 1.82) is 0 Å². The normalized spacial score (nSPS) is 10.2. The number of hydrogen-bond donors (Lipinski definition) is 2. The summed E-state index contributed by atoms with van der Waals surface area (Å²) in [4.78, 5) is 23.7. The summed E-state index contributed by atoms with van der Waals surface area (Å²) in [5, 5.41) is 5.26. The molecule has 0 saturated heterocycles. The summed E-state index contributed by atoms with van der Waals surface area (Å²) in [6, 6.07) is 8.84. The van der Waals surface area contributed by atoms with Crippen LogP contribution in [0.5, 0.6) is 0 Å². The predicted molar refractivity (Wildman–Crippen MR) is 83.3 cm³/mol. The van der Waals surface area contributed by atoms with Crippen molar-refractivity contribution >= 4 is 33.4 Å². The molecule has 0 aliphatic rings. The molecule has 5 nitrogen and oxygen atoms in total. The Balaban J connectivity index is 1.88. The minimum atomic E-state index is -0.324. The topological polar surface area (TPSA) is 71.3 Å². The fraction of sp³-hybridized carbons (Fsp3) is 0.200. The highest BCUT2D eigenvalue weighted by Crippen LogP contribution is 2.14. The lowest BCUT2D eigenvalue weighted by atomic mass is 10.2. The molecular weight excluding hydrogens is 336 g/mol. The second-order valence-electron chi connectivity index (χ2n) is 4.56. The van der Waals surface area contributed by atoms with Crippen molar-refractivity contribution in [2.45, 2.75) is 13.8 Å². The maximum atomic E-state index is 11.9. The molecule has 0 aliphatic carbocycles. The SMILES string of the molecule is Cc1cc(C(=O)NCC(=O)Nc2ccc(Br)cc2)c(C)o1. The molecule has 2 N–H and O–H groups in total. The van der Waals surface area contributed by atoms with Crippen molar-refractivity contribution in [2.24, 2.45) is 0 Å². The van der Waals surface area contributed by atoms with Gasteiger partial charge in [-0.3, -0.25) is 9.59 Å². The fourth-order valence-corrected chi connectivity index (χ4v) is 2.11. The number of carbonyl (C=O) groups is 2. The summed E-state index contributed by atoms with van der Waals surface area (Å²) < 4.78 is 6.21. The van der Waals surface area contributed by atoms with E-state index in [0.717, 1.165) is 4.47 Å². The van der Waals surface area contributed by atoms with Gasteiger partial charge in [0.15, 0.2) is 0 Å². The van der Waals surface area contributed by atoms with Gasteiger partial charge >= 0.3 is 0 Å². The van der Waals surface area contributed by atoms with Gasteiger partial charge in [-0.2, -0.15) is 0 Å². The largest absolute Gasteiger partial charge is 0.466 e. The zero-order valence-corrected chi connectivity index (χ0v) is 13.3. The summed E-state index contributed by atoms with van der Waals surface area (Å²) in [6.07, 6.45) is 0. The third-order valence-electron chi connectivity index (χ3n) is 2.82. The molecule has 1 aromatic heterocycles. The van der Waals surface area contributed by atoms with Crippen LogP contribution in [0.1, 0.15) is 21.9 Å². The van der Waals surface area contributed by atoms with Crippen LogP contribution in [0.4, 0.5) is 5.69 Å². The van der Waals surface area contributed by atoms with Crippen LogP contribution >= 0.6 is 15.9 Å². The number of nitrogens with one attached hydrogen (secondary N) is 2. The van der Waals surface area contributed by atoms with Crippen LogP contribution in [0.2, 0.25) is 0 Å². The number of benzene rings is 1. The van der Waals surface area contributed by atoms with Crippen LogP contribution in [0.25, 0.3) is 0 Å². The number of aryl methyl sites for hydroxylation is 2. The van der Waals surface area contributed by atoms with E-state index in [4.69, 9.17) is 4.42 Å². The van der Waals surface area contributed by atoms with Crippen LogP contribution in [0, 0.1) is 13.8 Å². The summed E-state index contributed by atoms with van der Waals surface area (Å²) in [7, 11) is 0. The van der Waals surface area contributed by atoms with E-state index in [1.807, 2.05) is 12.1 Å². The molecule has 0 unspecified atom stereocenters. The number of carbonyl (C=O) groups excluding carboxylic acids is 2. The highest BCUT2D eigenvalue weighted by Gasteiger charge is 2.14. The summed E-state index contributed by atoms with van der Waals surface area (Å²) in [5.41, 5.74) is 1.12. The Hall–Kier alpha value is -2.08. The highest BCUT2D eigenvalue weighted by molar-refractivity contribution is 9.10. The van der Waals surface area contributed by atoms with Crippen molar-refractivity contribution in [1.82, 2.24) is 5.32 Å². The number of anilines is 1. The Morgan fingerprint density at radius 3 is 2.43 bits per heavy atom. The maximum Gasteiger partial charge on any atom is 0.255 e. The Kier molecular flexibility index (Phi) is 4.80. The lowest BCUT2D eigenvalue weighted by Crippen LogP contribution is -2.32. The fourth-order valence-electron chi connectivity index (χ4n) is 1.85. The van der Waals surface area contributed by atoms with Gasteiger partial charge in [0.05, 0.1) is 12.1 Å². The molecule has 0 spiro atoms. The number of halogens is 1. The number of hydrogen-bond acceptors (Lipinski definition) is 3. The molecule has 0 saturated carbocycles. The average molecular weight is 351 g/mol. The van der Waals surface area contributed by atoms with E-state index >= 15 is 0 Å². The van der Waals surface area contributed by atoms with Gasteiger partial charge in [-0.25, -0.2) is 0 Å². The second kappa shape index (κ2) is 6.58. The first-order valence-electron chi connectivity index (χ1n) is 6.36. The average Bonchev–Trinajstić information content (AvgIpc) is 2.78. The molecule has 2 amide bonds. The van der Waals surface area contributed by atoms with E-state index in [9.17, 15) is 9.59 Å². The van der Waals surface area contributed by atoms with Crippen molar-refractivity contribution in [3.63, 3.8) is 0 Å². The molecule has 2 aromatic rings. The van der Waals surface area contributed by atoms with Gasteiger partial charge in [0.2, 0.25) is 5.91 Å². The Morgan fingerprint density at radius 1 is 1.19 bits per heavy atom. The van der Waals surface area contributed by atoms with Gasteiger partial charge in [0.1, 0.15) is 11.5 Å². The molecule has 0 aliphatic heterocycles. The van der Waals surface area contributed by atoms with Gasteiger partial charge in [0, 0.05) is 10.2 Å². The standard InChI is InChI=1S/C15H15BrN2O3/c1-9-7-13(10(2)21-9)15(20)17-8-14(19)18-12-5-3-11(16)4-6-12/h3-7H,8H2,1-2H3,(H,17,20)(H,18,19). The Bertz CT molecular complexity index is 662. The number of amides is 2. The molecule has 1 heterocycles. The van der Waals surface area contributed by atoms with Crippen LogP contribution < -0.4 is 10.6 Å². The molecule has 0 radical (unpaired) electrons. The third kappa shape index (κ3) is 4.19. The summed E-state index contributed by atoms with van der Waals surface area (Å²) in [5.74, 6) is 0.592. The van der Waals surface area contributed by atoms with Crippen LogP contribution in [-0.2, 0) is 4.79 Å². The summed E-state index contributed by atoms with van der Waals surface area (Å²) >= 11 is 3.32. The van der Waals surface area contributed by atoms with Gasteiger partial charge in [-0.1, -0.05) is 15.9 Å². The maximum absolute atomic E-state index is 11.9. The summed E-state index contributed by atoms with van der Waals surface area (Å²) in [6.45, 7) is 3.38. The van der Waals surface area contributed by atoms with E-state index in [0.29, 0.717) is 22.8 Å². The minimum Gasteiger partial charge on any atom is -0.466 e. The molecule has 0 atom stereocenters. The lowest BCUT2D eigenvalue weighted by Gasteiger charge is -2.06. The monoisotopic (exact) mass is 350 g/mol. The molecule has 0 fully saturated rings. The minimum absolute atomic E-state index is 0.0986. The molecule has 0 bridgehead atoms. The second-order valence-corrected chi connectivity index (χ2v) is 5.48. The van der Waals surface area contributed by atoms with Gasteiger partial charge in [0.25, 0.3) is 5.91 Å². The Labute approximate surface area is 130 Å². The van der Waals surface area contributed by atoms with E-state index in [-0.39, 0.29) is 18.4 Å². The predicted octanol–water partition coefficient (Wildman–Crippen LogP) is 3.03. The first-order valence-corrected chi connectivity index (χ1v) is 7.15. The smallest absolute Gasteiger partial charge is 0.255 e. The molecule has 110 valence electrons. The zero-order chi connectivity index (χ0) is 15.4. The molecule has 1 aromatic carbocycles. The van der Waals surface area contributed by atoms with Crippen LogP contribution in [-0.4, -0.2) is 18.4 Å². The molecular formula is C15H15BrN2O3. The van der Waals surface area contributed by atoms with E-state index < -0.39 is 0 Å². The molecule has 6 heteroatoms. The van der Waals surface area contributed by atoms with E-state index in [2.05, 4.69) is 26.6 Å². The zero-order valence-electron chi connectivity index (χ0n) is 11.7. The van der Waals surface area contributed by atoms with E-state index in [1.165, 1.54) is 0 Å². The van der Waals surface area contributed by atoms with E-state index in [1.54, 1.807) is 32.0 Å².